The van der Waals surface area contributed by atoms with Gasteiger partial charge in [-0.15, -0.1) is 13.2 Å². The highest BCUT2D eigenvalue weighted by molar-refractivity contribution is 6.08. The average molecular weight is 488 g/mol. The SMILES string of the molecule is CNC(=O)c1cc(Oc2ccc(NC(=O)CC(=O)Nc3cccc(OC(F)(F)F)c3)cc2)ccn1. The molecule has 0 radical (unpaired) electrons. The van der Waals surface area contributed by atoms with Gasteiger partial charge in [0.1, 0.15) is 29.4 Å². The lowest BCUT2D eigenvalue weighted by Crippen LogP contribution is -2.21. The first kappa shape index (κ1) is 25.0. The number of carbonyl (C=O) groups is 3. The van der Waals surface area contributed by atoms with E-state index in [-0.39, 0.29) is 17.3 Å². The highest BCUT2D eigenvalue weighted by Crippen LogP contribution is 2.25. The molecule has 0 atom stereocenters. The number of nitrogens with one attached hydrogen (secondary N) is 3. The lowest BCUT2D eigenvalue weighted by atomic mass is 10.2. The molecule has 35 heavy (non-hydrogen) atoms. The molecule has 182 valence electrons. The molecule has 3 aromatic rings. The summed E-state index contributed by atoms with van der Waals surface area (Å²) in [6, 6.07) is 14.0. The second-order valence-electron chi connectivity index (χ2n) is 6.93. The van der Waals surface area contributed by atoms with Gasteiger partial charge < -0.3 is 25.4 Å². The van der Waals surface area contributed by atoms with Crippen LogP contribution in [0.4, 0.5) is 24.5 Å². The summed E-state index contributed by atoms with van der Waals surface area (Å²) in [6.07, 6.45) is -4.00. The van der Waals surface area contributed by atoms with Gasteiger partial charge in [-0.2, -0.15) is 0 Å². The average Bonchev–Trinajstić information content (AvgIpc) is 2.79. The van der Waals surface area contributed by atoms with Crippen LogP contribution in [0.15, 0.2) is 66.9 Å². The molecule has 2 aromatic carbocycles. The molecule has 0 fully saturated rings. The second kappa shape index (κ2) is 11.0. The van der Waals surface area contributed by atoms with Gasteiger partial charge in [0.2, 0.25) is 11.8 Å². The van der Waals surface area contributed by atoms with Gasteiger partial charge in [0.25, 0.3) is 5.91 Å². The number of alkyl halides is 3. The predicted octanol–water partition coefficient (Wildman–Crippen LogP) is 4.10. The maximum Gasteiger partial charge on any atom is 0.573 e. The van der Waals surface area contributed by atoms with Crippen molar-refractivity contribution < 1.29 is 37.0 Å². The summed E-state index contributed by atoms with van der Waals surface area (Å²) in [5.74, 6) is -1.41. The van der Waals surface area contributed by atoms with E-state index in [1.54, 1.807) is 30.3 Å². The molecule has 12 heteroatoms. The summed E-state index contributed by atoms with van der Waals surface area (Å²) in [5, 5.41) is 7.33. The van der Waals surface area contributed by atoms with E-state index in [2.05, 4.69) is 25.7 Å². The van der Waals surface area contributed by atoms with E-state index in [0.717, 1.165) is 12.1 Å². The van der Waals surface area contributed by atoms with Crippen molar-refractivity contribution in [2.45, 2.75) is 12.8 Å². The standard InChI is InChI=1S/C23H19F3N4O5/c1-27-22(33)19-12-17(9-10-28-19)34-16-7-5-14(6-8-16)29-20(31)13-21(32)30-15-3-2-4-18(11-15)35-23(24,25)26/h2-12H,13H2,1H3,(H,27,33)(H,29,31)(H,30,32). The van der Waals surface area contributed by atoms with Crippen LogP contribution < -0.4 is 25.4 Å². The van der Waals surface area contributed by atoms with Crippen molar-refractivity contribution in [3.8, 4) is 17.2 Å². The number of halogens is 3. The van der Waals surface area contributed by atoms with Crippen molar-refractivity contribution in [2.75, 3.05) is 17.7 Å². The zero-order chi connectivity index (χ0) is 25.4. The number of carbonyl (C=O) groups excluding carboxylic acids is 3. The van der Waals surface area contributed by atoms with Crippen molar-refractivity contribution in [1.82, 2.24) is 10.3 Å². The number of aromatic nitrogens is 1. The number of benzene rings is 2. The van der Waals surface area contributed by atoms with Gasteiger partial charge in [-0.05, 0) is 42.5 Å². The number of rotatable bonds is 8. The zero-order valence-corrected chi connectivity index (χ0v) is 18.2. The van der Waals surface area contributed by atoms with Gasteiger partial charge in [0.05, 0.1) is 0 Å². The van der Waals surface area contributed by atoms with Crippen LogP contribution >= 0.6 is 0 Å². The first-order valence-corrected chi connectivity index (χ1v) is 10.0. The molecule has 0 aliphatic heterocycles. The fraction of sp³-hybridized carbons (Fsp3) is 0.130. The van der Waals surface area contributed by atoms with Crippen LogP contribution in [0.2, 0.25) is 0 Å². The minimum Gasteiger partial charge on any atom is -0.457 e. The van der Waals surface area contributed by atoms with Gasteiger partial charge in [0.15, 0.2) is 0 Å². The summed E-state index contributed by atoms with van der Waals surface area (Å²) >= 11 is 0. The number of anilines is 2. The minimum absolute atomic E-state index is 0.0433. The van der Waals surface area contributed by atoms with E-state index in [0.29, 0.717) is 17.2 Å². The van der Waals surface area contributed by atoms with Gasteiger partial charge in [-0.1, -0.05) is 6.07 Å². The molecular weight excluding hydrogens is 469 g/mol. The third kappa shape index (κ3) is 8.03. The maximum absolute atomic E-state index is 12.3. The summed E-state index contributed by atoms with van der Waals surface area (Å²) in [6.45, 7) is 0. The Morgan fingerprint density at radius 2 is 1.54 bits per heavy atom. The van der Waals surface area contributed by atoms with Gasteiger partial charge >= 0.3 is 6.36 Å². The lowest BCUT2D eigenvalue weighted by molar-refractivity contribution is -0.274. The Labute approximate surface area is 197 Å². The Morgan fingerprint density at radius 3 is 2.20 bits per heavy atom. The molecule has 3 amide bonds. The molecule has 0 saturated carbocycles. The first-order chi connectivity index (χ1) is 16.6. The van der Waals surface area contributed by atoms with Crippen LogP contribution in [0.25, 0.3) is 0 Å². The van der Waals surface area contributed by atoms with Crippen LogP contribution in [0.3, 0.4) is 0 Å². The Balaban J connectivity index is 1.52. The third-order valence-electron chi connectivity index (χ3n) is 4.24. The second-order valence-corrected chi connectivity index (χ2v) is 6.93. The summed E-state index contributed by atoms with van der Waals surface area (Å²) < 4.78 is 46.4. The van der Waals surface area contributed by atoms with E-state index in [4.69, 9.17) is 4.74 Å². The Kier molecular flexibility index (Phi) is 7.87. The Bertz CT molecular complexity index is 1220. The molecule has 9 nitrogen and oxygen atoms in total. The zero-order valence-electron chi connectivity index (χ0n) is 18.2. The summed E-state index contributed by atoms with van der Waals surface area (Å²) in [5.41, 5.74) is 0.616. The van der Waals surface area contributed by atoms with Crippen LogP contribution in [0.5, 0.6) is 17.2 Å². The topological polar surface area (TPSA) is 119 Å². The van der Waals surface area contributed by atoms with Crippen LogP contribution in [0.1, 0.15) is 16.9 Å². The van der Waals surface area contributed by atoms with E-state index >= 15 is 0 Å². The molecule has 0 aliphatic carbocycles. The number of hydrogen-bond donors (Lipinski definition) is 3. The monoisotopic (exact) mass is 488 g/mol. The molecular formula is C23H19F3N4O5. The summed E-state index contributed by atoms with van der Waals surface area (Å²) in [7, 11) is 1.49. The number of nitrogens with zero attached hydrogens (tertiary/aromatic N) is 1. The molecule has 3 N–H and O–H groups in total. The van der Waals surface area contributed by atoms with Crippen molar-refractivity contribution in [1.29, 1.82) is 0 Å². The maximum atomic E-state index is 12.3. The third-order valence-corrected chi connectivity index (χ3v) is 4.24. The van der Waals surface area contributed by atoms with E-state index < -0.39 is 30.3 Å². The molecule has 1 aromatic heterocycles. The number of hydrogen-bond acceptors (Lipinski definition) is 6. The van der Waals surface area contributed by atoms with E-state index in [9.17, 15) is 27.6 Å². The molecule has 1 heterocycles. The number of pyridine rings is 1. The van der Waals surface area contributed by atoms with Crippen LogP contribution in [-0.4, -0.2) is 36.1 Å². The van der Waals surface area contributed by atoms with Crippen molar-refractivity contribution in [2.24, 2.45) is 0 Å². The highest BCUT2D eigenvalue weighted by Gasteiger charge is 2.31. The largest absolute Gasteiger partial charge is 0.573 e. The normalized spacial score (nSPS) is 10.7. The molecule has 0 saturated heterocycles. The highest BCUT2D eigenvalue weighted by atomic mass is 19.4. The fourth-order valence-corrected chi connectivity index (χ4v) is 2.80. The van der Waals surface area contributed by atoms with E-state index in [1.807, 2.05) is 0 Å². The molecule has 0 bridgehead atoms. The molecule has 0 unspecified atom stereocenters. The number of ether oxygens (including phenoxy) is 2. The van der Waals surface area contributed by atoms with E-state index in [1.165, 1.54) is 31.4 Å². The molecule has 3 rings (SSSR count). The first-order valence-electron chi connectivity index (χ1n) is 10.0. The van der Waals surface area contributed by atoms with Gasteiger partial charge in [-0.3, -0.25) is 19.4 Å². The quantitative estimate of drug-likeness (QED) is 0.411. The van der Waals surface area contributed by atoms with Gasteiger partial charge in [-0.25, -0.2) is 0 Å². The fourth-order valence-electron chi connectivity index (χ4n) is 2.80. The van der Waals surface area contributed by atoms with Gasteiger partial charge in [0, 0.05) is 36.8 Å². The van der Waals surface area contributed by atoms with Crippen LogP contribution in [0, 0.1) is 0 Å². The predicted molar refractivity (Wildman–Crippen MR) is 119 cm³/mol. The van der Waals surface area contributed by atoms with Crippen LogP contribution in [-0.2, 0) is 9.59 Å². The molecule has 0 aliphatic rings. The lowest BCUT2D eigenvalue weighted by Gasteiger charge is -2.11. The molecule has 0 spiro atoms. The Hall–Kier alpha value is -4.61. The van der Waals surface area contributed by atoms with Crippen molar-refractivity contribution in [3.63, 3.8) is 0 Å². The smallest absolute Gasteiger partial charge is 0.457 e. The number of amides is 3. The summed E-state index contributed by atoms with van der Waals surface area (Å²) in [4.78, 5) is 39.8. The minimum atomic E-state index is -4.87. The van der Waals surface area contributed by atoms with Crippen molar-refractivity contribution in [3.05, 3.63) is 72.6 Å². The van der Waals surface area contributed by atoms with Crippen molar-refractivity contribution >= 4 is 29.1 Å². The Morgan fingerprint density at radius 1 is 0.857 bits per heavy atom.